The van der Waals surface area contributed by atoms with E-state index in [0.29, 0.717) is 17.5 Å². The number of benzene rings is 2. The van der Waals surface area contributed by atoms with Gasteiger partial charge >= 0.3 is 0 Å². The fourth-order valence-electron chi connectivity index (χ4n) is 2.84. The average Bonchev–Trinajstić information content (AvgIpc) is 3.11. The van der Waals surface area contributed by atoms with E-state index >= 15 is 0 Å². The van der Waals surface area contributed by atoms with Gasteiger partial charge in [0, 0.05) is 6.54 Å². The van der Waals surface area contributed by atoms with Crippen molar-refractivity contribution in [2.75, 3.05) is 5.32 Å². The van der Waals surface area contributed by atoms with Crippen molar-refractivity contribution in [2.24, 2.45) is 0 Å². The minimum Gasteiger partial charge on any atom is -0.485 e. The number of rotatable bonds is 8. The molecular formula is C22H25FN4O2S. The number of para-hydroxylation sites is 1. The Labute approximate surface area is 179 Å². The Morgan fingerprint density at radius 2 is 2.00 bits per heavy atom. The van der Waals surface area contributed by atoms with E-state index in [9.17, 15) is 9.18 Å². The third-order valence-electron chi connectivity index (χ3n) is 4.59. The summed E-state index contributed by atoms with van der Waals surface area (Å²) >= 11 is 1.28. The van der Waals surface area contributed by atoms with Crippen molar-refractivity contribution in [1.29, 1.82) is 0 Å². The van der Waals surface area contributed by atoms with E-state index in [4.69, 9.17) is 4.74 Å². The number of carbonyl (C=O) groups is 1. The summed E-state index contributed by atoms with van der Waals surface area (Å²) in [7, 11) is 0. The second-order valence-electron chi connectivity index (χ2n) is 6.93. The first-order chi connectivity index (χ1) is 14.4. The molecule has 0 aliphatic rings. The van der Waals surface area contributed by atoms with Crippen LogP contribution in [0.3, 0.4) is 0 Å². The van der Waals surface area contributed by atoms with Gasteiger partial charge in [-0.15, -0.1) is 10.2 Å². The Balaban J connectivity index is 1.66. The van der Waals surface area contributed by atoms with Gasteiger partial charge in [-0.1, -0.05) is 36.0 Å². The Kier molecular flexibility index (Phi) is 7.10. The van der Waals surface area contributed by atoms with Gasteiger partial charge < -0.3 is 14.6 Å². The van der Waals surface area contributed by atoms with Crippen molar-refractivity contribution in [3.05, 3.63) is 65.2 Å². The topological polar surface area (TPSA) is 69.0 Å². The van der Waals surface area contributed by atoms with Crippen LogP contribution in [0.5, 0.6) is 5.75 Å². The van der Waals surface area contributed by atoms with Gasteiger partial charge in [-0.05, 0) is 57.0 Å². The molecule has 0 fully saturated rings. The number of hydrogen-bond acceptors (Lipinski definition) is 5. The number of thioether (sulfide) groups is 1. The SMILES string of the molecule is CCn1c(COc2cc(C)ccc2C)nnc1S[C@@H](C)C(=O)Nc1ccccc1F. The largest absolute Gasteiger partial charge is 0.485 e. The first-order valence-corrected chi connectivity index (χ1v) is 10.6. The molecule has 1 heterocycles. The summed E-state index contributed by atoms with van der Waals surface area (Å²) in [6, 6.07) is 12.1. The fraction of sp³-hybridized carbons (Fsp3) is 0.318. The summed E-state index contributed by atoms with van der Waals surface area (Å²) in [5, 5.41) is 11.2. The quantitative estimate of drug-likeness (QED) is 0.524. The smallest absolute Gasteiger partial charge is 0.237 e. The van der Waals surface area contributed by atoms with Gasteiger partial charge in [-0.25, -0.2) is 4.39 Å². The van der Waals surface area contributed by atoms with Crippen LogP contribution in [-0.2, 0) is 17.9 Å². The van der Waals surface area contributed by atoms with Crippen molar-refractivity contribution >= 4 is 23.4 Å². The molecule has 1 aromatic heterocycles. The zero-order chi connectivity index (χ0) is 21.7. The number of nitrogens with one attached hydrogen (secondary N) is 1. The van der Waals surface area contributed by atoms with Crippen LogP contribution in [0.4, 0.5) is 10.1 Å². The monoisotopic (exact) mass is 428 g/mol. The molecule has 2 aromatic carbocycles. The van der Waals surface area contributed by atoms with Gasteiger partial charge in [-0.2, -0.15) is 0 Å². The highest BCUT2D eigenvalue weighted by atomic mass is 32.2. The normalized spacial score (nSPS) is 11.9. The number of aryl methyl sites for hydroxylation is 2. The molecule has 30 heavy (non-hydrogen) atoms. The number of carbonyl (C=O) groups excluding carboxylic acids is 1. The molecule has 6 nitrogen and oxygen atoms in total. The van der Waals surface area contributed by atoms with Gasteiger partial charge in [0.1, 0.15) is 18.2 Å². The van der Waals surface area contributed by atoms with Gasteiger partial charge in [0.15, 0.2) is 11.0 Å². The van der Waals surface area contributed by atoms with Crippen LogP contribution >= 0.6 is 11.8 Å². The molecule has 1 atom stereocenters. The molecule has 0 bridgehead atoms. The predicted octanol–water partition coefficient (Wildman–Crippen LogP) is 4.75. The number of ether oxygens (including phenoxy) is 1. The lowest BCUT2D eigenvalue weighted by molar-refractivity contribution is -0.115. The zero-order valence-corrected chi connectivity index (χ0v) is 18.3. The standard InChI is InChI=1S/C22H25FN4O2S/c1-5-27-20(13-29-19-12-14(2)10-11-15(19)3)25-26-22(27)30-16(4)21(28)24-18-9-7-6-8-17(18)23/h6-12,16H,5,13H2,1-4H3,(H,24,28)/t16-/m0/s1. The van der Waals surface area contributed by atoms with Crippen LogP contribution in [0.15, 0.2) is 47.6 Å². The van der Waals surface area contributed by atoms with Crippen molar-refractivity contribution < 1.29 is 13.9 Å². The van der Waals surface area contributed by atoms with Gasteiger partial charge in [0.05, 0.1) is 10.9 Å². The summed E-state index contributed by atoms with van der Waals surface area (Å²) in [6.07, 6.45) is 0. The maximum atomic E-state index is 13.8. The van der Waals surface area contributed by atoms with Crippen LogP contribution in [0.1, 0.15) is 30.8 Å². The molecule has 0 saturated carbocycles. The van der Waals surface area contributed by atoms with E-state index in [0.717, 1.165) is 16.9 Å². The van der Waals surface area contributed by atoms with Crippen LogP contribution in [0, 0.1) is 19.7 Å². The van der Waals surface area contributed by atoms with Gasteiger partial charge in [-0.3, -0.25) is 4.79 Å². The second-order valence-corrected chi connectivity index (χ2v) is 8.24. The van der Waals surface area contributed by atoms with Crippen LogP contribution in [-0.4, -0.2) is 25.9 Å². The Bertz CT molecular complexity index is 1040. The zero-order valence-electron chi connectivity index (χ0n) is 17.5. The highest BCUT2D eigenvalue weighted by molar-refractivity contribution is 8.00. The highest BCUT2D eigenvalue weighted by Crippen LogP contribution is 2.25. The Morgan fingerprint density at radius 3 is 2.73 bits per heavy atom. The van der Waals surface area contributed by atoms with Crippen molar-refractivity contribution in [3.8, 4) is 5.75 Å². The van der Waals surface area contributed by atoms with Crippen molar-refractivity contribution in [1.82, 2.24) is 14.8 Å². The molecule has 1 N–H and O–H groups in total. The third-order valence-corrected chi connectivity index (χ3v) is 5.67. The molecule has 0 spiro atoms. The lowest BCUT2D eigenvalue weighted by atomic mass is 10.1. The summed E-state index contributed by atoms with van der Waals surface area (Å²) in [5.74, 6) is 0.727. The molecule has 8 heteroatoms. The van der Waals surface area contributed by atoms with Crippen LogP contribution in [0.2, 0.25) is 0 Å². The number of amides is 1. The summed E-state index contributed by atoms with van der Waals surface area (Å²) in [4.78, 5) is 12.5. The van der Waals surface area contributed by atoms with Gasteiger partial charge in [0.25, 0.3) is 0 Å². The van der Waals surface area contributed by atoms with Crippen molar-refractivity contribution in [3.63, 3.8) is 0 Å². The summed E-state index contributed by atoms with van der Waals surface area (Å²) < 4.78 is 21.6. The van der Waals surface area contributed by atoms with Crippen molar-refractivity contribution in [2.45, 2.75) is 51.3 Å². The number of halogens is 1. The van der Waals surface area contributed by atoms with Crippen LogP contribution < -0.4 is 10.1 Å². The maximum absolute atomic E-state index is 13.8. The predicted molar refractivity (Wildman–Crippen MR) is 116 cm³/mol. The van der Waals surface area contributed by atoms with E-state index in [1.807, 2.05) is 43.5 Å². The van der Waals surface area contributed by atoms with E-state index < -0.39 is 11.1 Å². The van der Waals surface area contributed by atoms with E-state index in [2.05, 4.69) is 15.5 Å². The fourth-order valence-corrected chi connectivity index (χ4v) is 3.78. The minimum absolute atomic E-state index is 0.162. The molecule has 0 aliphatic carbocycles. The first-order valence-electron chi connectivity index (χ1n) is 9.73. The van der Waals surface area contributed by atoms with E-state index in [1.165, 1.54) is 23.9 Å². The Morgan fingerprint density at radius 1 is 1.23 bits per heavy atom. The molecule has 0 unspecified atom stereocenters. The number of nitrogens with zero attached hydrogens (tertiary/aromatic N) is 3. The second kappa shape index (κ2) is 9.75. The number of hydrogen-bond donors (Lipinski definition) is 1. The molecular weight excluding hydrogens is 403 g/mol. The van der Waals surface area contributed by atoms with Crippen LogP contribution in [0.25, 0.3) is 0 Å². The molecule has 0 saturated heterocycles. The average molecular weight is 429 g/mol. The lowest BCUT2D eigenvalue weighted by Gasteiger charge is -2.14. The molecule has 158 valence electrons. The minimum atomic E-state index is -0.480. The summed E-state index contributed by atoms with van der Waals surface area (Å²) in [6.45, 7) is 8.67. The third kappa shape index (κ3) is 5.18. The molecule has 3 aromatic rings. The molecule has 0 radical (unpaired) electrons. The lowest BCUT2D eigenvalue weighted by Crippen LogP contribution is -2.23. The molecule has 3 rings (SSSR count). The Hall–Kier alpha value is -2.87. The number of aromatic nitrogens is 3. The maximum Gasteiger partial charge on any atom is 0.237 e. The van der Waals surface area contributed by atoms with E-state index in [-0.39, 0.29) is 18.2 Å². The number of anilines is 1. The summed E-state index contributed by atoms with van der Waals surface area (Å²) in [5.41, 5.74) is 2.34. The highest BCUT2D eigenvalue weighted by Gasteiger charge is 2.21. The molecule has 1 amide bonds. The molecule has 0 aliphatic heterocycles. The van der Waals surface area contributed by atoms with Gasteiger partial charge in [0.2, 0.25) is 5.91 Å². The first kappa shape index (κ1) is 21.8. The van der Waals surface area contributed by atoms with E-state index in [1.54, 1.807) is 19.1 Å².